The highest BCUT2D eigenvalue weighted by molar-refractivity contribution is 5.89. The number of H-pyrrole nitrogens is 1. The zero-order chi connectivity index (χ0) is 16.4. The topological polar surface area (TPSA) is 88.7 Å². The lowest BCUT2D eigenvalue weighted by molar-refractivity contribution is 0.0524. The number of fused-ring (bicyclic) bond motifs is 1. The maximum atomic E-state index is 12.1. The Labute approximate surface area is 133 Å². The molecule has 1 aliphatic carbocycles. The maximum absolute atomic E-state index is 12.1. The lowest BCUT2D eigenvalue weighted by Gasteiger charge is -2.28. The average Bonchev–Trinajstić information content (AvgIpc) is 3.36. The second-order valence-corrected chi connectivity index (χ2v) is 5.93. The lowest BCUT2D eigenvalue weighted by atomic mass is 10.0. The predicted octanol–water partition coefficient (Wildman–Crippen LogP) is 1.46. The fourth-order valence-electron chi connectivity index (χ4n) is 2.59. The summed E-state index contributed by atoms with van der Waals surface area (Å²) in [6, 6.07) is 1.52. The van der Waals surface area contributed by atoms with Gasteiger partial charge in [0.05, 0.1) is 19.8 Å². The van der Waals surface area contributed by atoms with Gasteiger partial charge in [0.25, 0.3) is 5.56 Å². The number of carbonyl (C=O) groups excluding carboxylic acids is 2. The zero-order valence-corrected chi connectivity index (χ0v) is 13.1. The Kier molecular flexibility index (Phi) is 4.36. The summed E-state index contributed by atoms with van der Waals surface area (Å²) in [5.41, 5.74) is 1.03. The molecule has 7 heteroatoms. The fourth-order valence-corrected chi connectivity index (χ4v) is 2.59. The third-order valence-electron chi connectivity index (χ3n) is 4.10. The number of carbonyl (C=O) groups is 2. The molecule has 1 aromatic heterocycles. The summed E-state index contributed by atoms with van der Waals surface area (Å²) < 4.78 is 10.2. The Bertz CT molecular complexity index is 678. The van der Waals surface area contributed by atoms with Gasteiger partial charge < -0.3 is 19.4 Å². The molecule has 1 N–H and O–H groups in total. The van der Waals surface area contributed by atoms with Gasteiger partial charge in [0.15, 0.2) is 0 Å². The Morgan fingerprint density at radius 1 is 1.35 bits per heavy atom. The van der Waals surface area contributed by atoms with E-state index in [1.807, 2.05) is 0 Å². The van der Waals surface area contributed by atoms with Gasteiger partial charge in [-0.05, 0) is 37.3 Å². The third-order valence-corrected chi connectivity index (χ3v) is 4.10. The minimum atomic E-state index is -0.648. The van der Waals surface area contributed by atoms with Crippen LogP contribution in [0.25, 0.3) is 0 Å². The normalized spacial score (nSPS) is 16.7. The monoisotopic (exact) mass is 320 g/mol. The third kappa shape index (κ3) is 3.55. The molecule has 2 heterocycles. The SMILES string of the molecule is CCOC(=O)c1cc2c([nH]c1=O)CCN(C(=O)OCC1CC1)C2. The summed E-state index contributed by atoms with van der Waals surface area (Å²) in [5, 5.41) is 0. The molecule has 1 aromatic rings. The number of esters is 1. The first-order valence-corrected chi connectivity index (χ1v) is 7.92. The molecule has 0 unspecified atom stereocenters. The fraction of sp³-hybridized carbons (Fsp3) is 0.562. The lowest BCUT2D eigenvalue weighted by Crippen LogP contribution is -2.38. The summed E-state index contributed by atoms with van der Waals surface area (Å²) in [6.45, 7) is 3.17. The molecule has 2 aliphatic rings. The van der Waals surface area contributed by atoms with E-state index >= 15 is 0 Å². The van der Waals surface area contributed by atoms with Crippen molar-refractivity contribution in [1.82, 2.24) is 9.88 Å². The molecule has 0 radical (unpaired) electrons. The molecule has 7 nitrogen and oxygen atoms in total. The number of aromatic amines is 1. The molecule has 23 heavy (non-hydrogen) atoms. The van der Waals surface area contributed by atoms with E-state index in [0.717, 1.165) is 24.1 Å². The number of pyridine rings is 1. The number of aromatic nitrogens is 1. The molecule has 0 saturated heterocycles. The molecule has 0 spiro atoms. The van der Waals surface area contributed by atoms with Gasteiger partial charge in [-0.3, -0.25) is 4.79 Å². The van der Waals surface area contributed by atoms with E-state index in [4.69, 9.17) is 9.47 Å². The molecule has 1 aliphatic heterocycles. The number of amides is 1. The Balaban J connectivity index is 1.73. The van der Waals surface area contributed by atoms with Gasteiger partial charge in [-0.2, -0.15) is 0 Å². The minimum Gasteiger partial charge on any atom is -0.462 e. The first kappa shape index (κ1) is 15.6. The van der Waals surface area contributed by atoms with Crippen LogP contribution in [-0.2, 0) is 22.4 Å². The Morgan fingerprint density at radius 3 is 2.83 bits per heavy atom. The maximum Gasteiger partial charge on any atom is 0.410 e. The van der Waals surface area contributed by atoms with Crippen molar-refractivity contribution in [2.75, 3.05) is 19.8 Å². The van der Waals surface area contributed by atoms with Crippen molar-refractivity contribution in [2.45, 2.75) is 32.7 Å². The van der Waals surface area contributed by atoms with Crippen LogP contribution in [-0.4, -0.2) is 41.7 Å². The molecule has 3 rings (SSSR count). The van der Waals surface area contributed by atoms with Crippen LogP contribution in [0.15, 0.2) is 10.9 Å². The van der Waals surface area contributed by atoms with Crippen molar-refractivity contribution in [3.63, 3.8) is 0 Å². The van der Waals surface area contributed by atoms with E-state index in [2.05, 4.69) is 4.98 Å². The molecule has 1 amide bonds. The van der Waals surface area contributed by atoms with Crippen LogP contribution in [0.1, 0.15) is 41.4 Å². The minimum absolute atomic E-state index is 0.0289. The van der Waals surface area contributed by atoms with Crippen LogP contribution in [0, 0.1) is 5.92 Å². The second kappa shape index (κ2) is 6.44. The number of rotatable bonds is 4. The van der Waals surface area contributed by atoms with Crippen molar-refractivity contribution in [1.29, 1.82) is 0 Å². The van der Waals surface area contributed by atoms with Gasteiger partial charge >= 0.3 is 12.1 Å². The van der Waals surface area contributed by atoms with Gasteiger partial charge in [0.2, 0.25) is 0 Å². The van der Waals surface area contributed by atoms with Crippen molar-refractivity contribution in [3.05, 3.63) is 33.2 Å². The van der Waals surface area contributed by atoms with Crippen LogP contribution < -0.4 is 5.56 Å². The molecule has 124 valence electrons. The van der Waals surface area contributed by atoms with E-state index in [1.165, 1.54) is 6.07 Å². The van der Waals surface area contributed by atoms with Gasteiger partial charge in [-0.25, -0.2) is 9.59 Å². The van der Waals surface area contributed by atoms with Gasteiger partial charge in [0.1, 0.15) is 5.56 Å². The van der Waals surface area contributed by atoms with Crippen molar-refractivity contribution < 1.29 is 19.1 Å². The standard InChI is InChI=1S/C16H20N2O5/c1-2-22-15(20)12-7-11-8-18(6-5-13(11)17-14(12)19)16(21)23-9-10-3-4-10/h7,10H,2-6,8-9H2,1H3,(H,17,19). The van der Waals surface area contributed by atoms with E-state index in [0.29, 0.717) is 32.0 Å². The highest BCUT2D eigenvalue weighted by atomic mass is 16.6. The number of nitrogens with zero attached hydrogens (tertiary/aromatic N) is 1. The number of ether oxygens (including phenoxy) is 2. The van der Waals surface area contributed by atoms with Gasteiger partial charge in [-0.1, -0.05) is 0 Å². The summed E-state index contributed by atoms with van der Waals surface area (Å²) in [4.78, 5) is 40.1. The van der Waals surface area contributed by atoms with E-state index in [1.54, 1.807) is 11.8 Å². The first-order valence-electron chi connectivity index (χ1n) is 7.92. The molecule has 0 aromatic carbocycles. The Morgan fingerprint density at radius 2 is 2.13 bits per heavy atom. The largest absolute Gasteiger partial charge is 0.462 e. The van der Waals surface area contributed by atoms with Crippen LogP contribution >= 0.6 is 0 Å². The molecule has 1 saturated carbocycles. The summed E-state index contributed by atoms with van der Waals surface area (Å²) in [5.74, 6) is -0.132. The molecule has 0 bridgehead atoms. The summed E-state index contributed by atoms with van der Waals surface area (Å²) >= 11 is 0. The summed E-state index contributed by atoms with van der Waals surface area (Å²) in [7, 11) is 0. The van der Waals surface area contributed by atoms with Gasteiger partial charge in [0, 0.05) is 18.7 Å². The van der Waals surface area contributed by atoms with Crippen LogP contribution in [0.5, 0.6) is 0 Å². The molecule has 1 fully saturated rings. The van der Waals surface area contributed by atoms with E-state index in [9.17, 15) is 14.4 Å². The molecular weight excluding hydrogens is 300 g/mol. The van der Waals surface area contributed by atoms with Crippen molar-refractivity contribution in [2.24, 2.45) is 5.92 Å². The molecule has 0 atom stereocenters. The molecular formula is C16H20N2O5. The highest BCUT2D eigenvalue weighted by Crippen LogP contribution is 2.29. The second-order valence-electron chi connectivity index (χ2n) is 5.93. The van der Waals surface area contributed by atoms with Crippen molar-refractivity contribution >= 4 is 12.1 Å². The number of hydrogen-bond donors (Lipinski definition) is 1. The van der Waals surface area contributed by atoms with E-state index in [-0.39, 0.29) is 18.3 Å². The first-order chi connectivity index (χ1) is 11.1. The van der Waals surface area contributed by atoms with Crippen LogP contribution in [0.2, 0.25) is 0 Å². The average molecular weight is 320 g/mol. The zero-order valence-electron chi connectivity index (χ0n) is 13.1. The van der Waals surface area contributed by atoms with Gasteiger partial charge in [-0.15, -0.1) is 0 Å². The highest BCUT2D eigenvalue weighted by Gasteiger charge is 2.27. The quantitative estimate of drug-likeness (QED) is 0.848. The number of hydrogen-bond acceptors (Lipinski definition) is 5. The summed E-state index contributed by atoms with van der Waals surface area (Å²) in [6.07, 6.45) is 2.44. The number of nitrogens with one attached hydrogen (secondary N) is 1. The predicted molar refractivity (Wildman–Crippen MR) is 81.2 cm³/mol. The Hall–Kier alpha value is -2.31. The van der Waals surface area contributed by atoms with Crippen molar-refractivity contribution in [3.8, 4) is 0 Å². The van der Waals surface area contributed by atoms with E-state index < -0.39 is 11.5 Å². The van der Waals surface area contributed by atoms with Crippen LogP contribution in [0.3, 0.4) is 0 Å². The smallest absolute Gasteiger partial charge is 0.410 e. The van der Waals surface area contributed by atoms with Crippen LogP contribution in [0.4, 0.5) is 4.79 Å².